The summed E-state index contributed by atoms with van der Waals surface area (Å²) in [6, 6.07) is 3.94. The molecule has 0 saturated carbocycles. The first-order valence-corrected chi connectivity index (χ1v) is 5.99. The number of carbonyl (C=O) groups is 1. The van der Waals surface area contributed by atoms with Crippen molar-refractivity contribution in [3.8, 4) is 0 Å². The fourth-order valence-corrected chi connectivity index (χ4v) is 1.70. The monoisotopic (exact) mass is 260 g/mol. The molecule has 0 aromatic heterocycles. The van der Waals surface area contributed by atoms with Gasteiger partial charge in [-0.05, 0) is 49.7 Å². The summed E-state index contributed by atoms with van der Waals surface area (Å²) in [6.07, 6.45) is 0. The van der Waals surface area contributed by atoms with Crippen molar-refractivity contribution >= 4 is 29.0 Å². The molecular formula is C14H16N2OS. The van der Waals surface area contributed by atoms with Crippen LogP contribution in [0, 0.1) is 13.8 Å². The predicted molar refractivity (Wildman–Crippen MR) is 77.3 cm³/mol. The lowest BCUT2D eigenvalue weighted by molar-refractivity contribution is -0.117. The van der Waals surface area contributed by atoms with Gasteiger partial charge in [-0.2, -0.15) is 4.99 Å². The molecule has 0 saturated heterocycles. The number of nitrogens with zero attached hydrogens (tertiary/aromatic N) is 1. The zero-order valence-electron chi connectivity index (χ0n) is 10.8. The van der Waals surface area contributed by atoms with Crippen molar-refractivity contribution < 1.29 is 4.79 Å². The van der Waals surface area contributed by atoms with E-state index in [1.54, 1.807) is 6.92 Å². The minimum absolute atomic E-state index is 0.144. The number of carbonyl (C=O) groups excluding carboxylic acids is 1. The molecule has 0 spiro atoms. The molecule has 1 N–H and O–H groups in total. The Kier molecular flexibility index (Phi) is 4.95. The van der Waals surface area contributed by atoms with Crippen LogP contribution in [-0.2, 0) is 11.3 Å². The second-order valence-corrected chi connectivity index (χ2v) is 4.36. The maximum atomic E-state index is 11.4. The molecule has 0 bridgehead atoms. The van der Waals surface area contributed by atoms with Crippen molar-refractivity contribution in [1.29, 1.82) is 0 Å². The highest BCUT2D eigenvalue weighted by Gasteiger charge is 2.08. The SMILES string of the molecule is C=C(C)C(=O)NCc1ccc(C)c(N=C=S)c1C. The van der Waals surface area contributed by atoms with Crippen LogP contribution in [0.25, 0.3) is 0 Å². The largest absolute Gasteiger partial charge is 0.348 e. The van der Waals surface area contributed by atoms with Crippen LogP contribution < -0.4 is 5.32 Å². The van der Waals surface area contributed by atoms with Crippen molar-refractivity contribution in [1.82, 2.24) is 5.32 Å². The molecule has 1 amide bonds. The summed E-state index contributed by atoms with van der Waals surface area (Å²) in [6.45, 7) is 9.66. The number of aryl methyl sites for hydroxylation is 1. The first-order valence-electron chi connectivity index (χ1n) is 5.58. The van der Waals surface area contributed by atoms with Crippen molar-refractivity contribution in [2.24, 2.45) is 4.99 Å². The number of amides is 1. The Hall–Kier alpha value is -1.77. The summed E-state index contributed by atoms with van der Waals surface area (Å²) in [5.41, 5.74) is 4.39. The molecule has 0 aliphatic heterocycles. The van der Waals surface area contributed by atoms with Gasteiger partial charge in [-0.15, -0.1) is 0 Å². The molecule has 0 aliphatic rings. The average Bonchev–Trinajstić information content (AvgIpc) is 2.33. The Bertz CT molecular complexity index is 543. The third-order valence-corrected chi connectivity index (χ3v) is 2.82. The summed E-state index contributed by atoms with van der Waals surface area (Å²) >= 11 is 4.64. The second-order valence-electron chi connectivity index (χ2n) is 4.18. The molecule has 0 fully saturated rings. The lowest BCUT2D eigenvalue weighted by Crippen LogP contribution is -2.23. The van der Waals surface area contributed by atoms with Gasteiger partial charge in [0, 0.05) is 12.1 Å². The number of isothiocyanates is 1. The number of thiocarbonyl (C=S) groups is 1. The molecular weight excluding hydrogens is 244 g/mol. The highest BCUT2D eigenvalue weighted by molar-refractivity contribution is 7.78. The van der Waals surface area contributed by atoms with E-state index in [9.17, 15) is 4.79 Å². The molecule has 0 aliphatic carbocycles. The highest BCUT2D eigenvalue weighted by atomic mass is 32.1. The molecule has 4 heteroatoms. The van der Waals surface area contributed by atoms with Gasteiger partial charge in [0.1, 0.15) is 0 Å². The van der Waals surface area contributed by atoms with Crippen LogP contribution in [0.4, 0.5) is 5.69 Å². The van der Waals surface area contributed by atoms with Gasteiger partial charge in [0.05, 0.1) is 10.8 Å². The maximum absolute atomic E-state index is 11.4. The van der Waals surface area contributed by atoms with Gasteiger partial charge in [0.25, 0.3) is 0 Å². The normalized spacial score (nSPS) is 9.50. The molecule has 18 heavy (non-hydrogen) atoms. The van der Waals surface area contributed by atoms with Crippen LogP contribution >= 0.6 is 12.2 Å². The Morgan fingerprint density at radius 1 is 1.50 bits per heavy atom. The lowest BCUT2D eigenvalue weighted by atomic mass is 10.0. The summed E-state index contributed by atoms with van der Waals surface area (Å²) in [4.78, 5) is 15.5. The van der Waals surface area contributed by atoms with E-state index >= 15 is 0 Å². The summed E-state index contributed by atoms with van der Waals surface area (Å²) < 4.78 is 0. The Labute approximate surface area is 113 Å². The molecule has 94 valence electrons. The van der Waals surface area contributed by atoms with E-state index in [-0.39, 0.29) is 5.91 Å². The van der Waals surface area contributed by atoms with Crippen LogP contribution in [0.15, 0.2) is 29.3 Å². The predicted octanol–water partition coefficient (Wildman–Crippen LogP) is 3.23. The Balaban J connectivity index is 2.98. The summed E-state index contributed by atoms with van der Waals surface area (Å²) in [5.74, 6) is -0.144. The Morgan fingerprint density at radius 3 is 2.72 bits per heavy atom. The molecule has 0 atom stereocenters. The molecule has 1 aromatic carbocycles. The Morgan fingerprint density at radius 2 is 2.17 bits per heavy atom. The van der Waals surface area contributed by atoms with Crippen LogP contribution in [-0.4, -0.2) is 11.1 Å². The van der Waals surface area contributed by atoms with Crippen molar-refractivity contribution in [2.75, 3.05) is 0 Å². The van der Waals surface area contributed by atoms with E-state index in [2.05, 4.69) is 34.3 Å². The van der Waals surface area contributed by atoms with E-state index in [0.717, 1.165) is 22.4 Å². The highest BCUT2D eigenvalue weighted by Crippen LogP contribution is 2.26. The molecule has 0 heterocycles. The van der Waals surface area contributed by atoms with Crippen molar-refractivity contribution in [3.05, 3.63) is 41.0 Å². The van der Waals surface area contributed by atoms with Gasteiger partial charge in [-0.25, -0.2) is 0 Å². The zero-order chi connectivity index (χ0) is 13.7. The van der Waals surface area contributed by atoms with E-state index < -0.39 is 0 Å². The van der Waals surface area contributed by atoms with Gasteiger partial charge in [0.15, 0.2) is 0 Å². The first kappa shape index (κ1) is 14.3. The van der Waals surface area contributed by atoms with E-state index in [1.807, 2.05) is 26.0 Å². The molecule has 1 aromatic rings. The standard InChI is InChI=1S/C14H16N2OS/c1-9(2)14(17)15-7-12-6-5-10(3)13(11(12)4)16-8-18/h5-6H,1,7H2,2-4H3,(H,15,17). The smallest absolute Gasteiger partial charge is 0.246 e. The summed E-state index contributed by atoms with van der Waals surface area (Å²) in [7, 11) is 0. The van der Waals surface area contributed by atoms with Crippen LogP contribution in [0.2, 0.25) is 0 Å². The van der Waals surface area contributed by atoms with Crippen molar-refractivity contribution in [2.45, 2.75) is 27.3 Å². The topological polar surface area (TPSA) is 41.5 Å². The van der Waals surface area contributed by atoms with Crippen LogP contribution in [0.5, 0.6) is 0 Å². The average molecular weight is 260 g/mol. The number of rotatable bonds is 4. The van der Waals surface area contributed by atoms with Crippen LogP contribution in [0.3, 0.4) is 0 Å². The molecule has 3 nitrogen and oxygen atoms in total. The van der Waals surface area contributed by atoms with E-state index in [1.165, 1.54) is 0 Å². The number of aliphatic imine (C=N–C) groups is 1. The first-order chi connectivity index (χ1) is 8.47. The molecule has 0 radical (unpaired) electrons. The second kappa shape index (κ2) is 6.24. The van der Waals surface area contributed by atoms with Gasteiger partial charge in [0.2, 0.25) is 5.91 Å². The van der Waals surface area contributed by atoms with Gasteiger partial charge in [-0.3, -0.25) is 4.79 Å². The lowest BCUT2D eigenvalue weighted by Gasteiger charge is -2.11. The third-order valence-electron chi connectivity index (χ3n) is 2.73. The summed E-state index contributed by atoms with van der Waals surface area (Å²) in [5, 5.41) is 5.18. The number of hydrogen-bond donors (Lipinski definition) is 1. The minimum Gasteiger partial charge on any atom is -0.348 e. The number of nitrogens with one attached hydrogen (secondary N) is 1. The van der Waals surface area contributed by atoms with Gasteiger partial charge >= 0.3 is 0 Å². The molecule has 0 unspecified atom stereocenters. The fraction of sp³-hybridized carbons (Fsp3) is 0.286. The minimum atomic E-state index is -0.144. The van der Waals surface area contributed by atoms with Crippen molar-refractivity contribution in [3.63, 3.8) is 0 Å². The quantitative estimate of drug-likeness (QED) is 0.513. The fourth-order valence-electron chi connectivity index (χ4n) is 1.61. The molecule has 1 rings (SSSR count). The van der Waals surface area contributed by atoms with E-state index in [0.29, 0.717) is 12.1 Å². The van der Waals surface area contributed by atoms with Gasteiger partial charge in [-0.1, -0.05) is 18.7 Å². The third kappa shape index (κ3) is 3.36. The number of hydrogen-bond acceptors (Lipinski definition) is 3. The maximum Gasteiger partial charge on any atom is 0.246 e. The number of benzene rings is 1. The van der Waals surface area contributed by atoms with Crippen LogP contribution in [0.1, 0.15) is 23.6 Å². The van der Waals surface area contributed by atoms with E-state index in [4.69, 9.17) is 0 Å². The zero-order valence-corrected chi connectivity index (χ0v) is 11.6. The van der Waals surface area contributed by atoms with Gasteiger partial charge < -0.3 is 5.32 Å².